The quantitative estimate of drug-likeness (QED) is 0.864. The Kier molecular flexibility index (Phi) is 2.49. The van der Waals surface area contributed by atoms with E-state index in [9.17, 15) is 13.6 Å². The Hall–Kier alpha value is -2.12. The fourth-order valence-corrected chi connectivity index (χ4v) is 1.33. The van der Waals surface area contributed by atoms with Crippen molar-refractivity contribution in [2.45, 2.75) is 19.4 Å². The van der Waals surface area contributed by atoms with Gasteiger partial charge in [-0.15, -0.1) is 0 Å². The van der Waals surface area contributed by atoms with E-state index in [0.29, 0.717) is 10.1 Å². The summed E-state index contributed by atoms with van der Waals surface area (Å²) in [6.45, 7) is 1.32. The summed E-state index contributed by atoms with van der Waals surface area (Å²) >= 11 is 0. The minimum atomic E-state index is -3.16. The van der Waals surface area contributed by atoms with E-state index in [0.717, 1.165) is 0 Å². The van der Waals surface area contributed by atoms with Crippen LogP contribution in [0.1, 0.15) is 24.0 Å². The molecule has 17 heavy (non-hydrogen) atoms. The van der Waals surface area contributed by atoms with Crippen LogP contribution in [0.4, 0.5) is 8.78 Å². The van der Waals surface area contributed by atoms with Gasteiger partial charge in [0.1, 0.15) is 0 Å². The van der Waals surface area contributed by atoms with Gasteiger partial charge in [0.25, 0.3) is 5.91 Å². The molecular formula is C9H9F2N5O. The zero-order chi connectivity index (χ0) is 12.6. The molecule has 1 amide bonds. The first-order valence-electron chi connectivity index (χ1n) is 4.84. The Morgan fingerprint density at radius 2 is 2.24 bits per heavy atom. The maximum Gasteiger partial charge on any atom is 0.345 e. The van der Waals surface area contributed by atoms with Crippen molar-refractivity contribution in [3.05, 3.63) is 18.2 Å². The molecule has 0 atom stereocenters. The van der Waals surface area contributed by atoms with E-state index in [-0.39, 0.29) is 11.5 Å². The highest BCUT2D eigenvalue weighted by atomic mass is 19.3. The third-order valence-electron chi connectivity index (χ3n) is 2.26. The van der Waals surface area contributed by atoms with Gasteiger partial charge < -0.3 is 5.73 Å². The Morgan fingerprint density at radius 3 is 2.82 bits per heavy atom. The summed E-state index contributed by atoms with van der Waals surface area (Å²) in [5, 5.41) is 3.87. The number of hydrogen-bond donors (Lipinski definition) is 1. The molecular weight excluding hydrogens is 232 g/mol. The largest absolute Gasteiger partial charge is 0.363 e. The highest BCUT2D eigenvalue weighted by Gasteiger charge is 2.32. The number of alkyl halides is 2. The van der Waals surface area contributed by atoms with E-state index in [1.165, 1.54) is 19.3 Å². The van der Waals surface area contributed by atoms with Crippen molar-refractivity contribution in [2.24, 2.45) is 5.73 Å². The number of carbonyl (C=O) groups is 1. The van der Waals surface area contributed by atoms with Crippen LogP contribution in [0, 0.1) is 0 Å². The Morgan fingerprint density at radius 1 is 1.53 bits per heavy atom. The number of halogens is 2. The second-order valence-corrected chi connectivity index (χ2v) is 3.41. The standard InChI is InChI=1S/C9H9F2N5O/c1-2-9(10,11)16-8-5(4-14-16)3-13-7(15-8)6(12)17/h3-4H,2H2,1H3,(H2,12,17). The number of fused-ring (bicyclic) bond motifs is 1. The second-order valence-electron chi connectivity index (χ2n) is 3.41. The lowest BCUT2D eigenvalue weighted by molar-refractivity contribution is -0.0915. The van der Waals surface area contributed by atoms with Gasteiger partial charge in [-0.1, -0.05) is 6.92 Å². The fourth-order valence-electron chi connectivity index (χ4n) is 1.33. The number of primary amides is 1. The van der Waals surface area contributed by atoms with Crippen molar-refractivity contribution in [3.63, 3.8) is 0 Å². The molecule has 0 unspecified atom stereocenters. The van der Waals surface area contributed by atoms with Crippen LogP contribution in [-0.4, -0.2) is 25.7 Å². The SMILES string of the molecule is CCC(F)(F)n1ncc2cnc(C(N)=O)nc21. The fraction of sp³-hybridized carbons (Fsp3) is 0.333. The van der Waals surface area contributed by atoms with Gasteiger partial charge in [-0.05, 0) is 0 Å². The third kappa shape index (κ3) is 1.81. The van der Waals surface area contributed by atoms with E-state index in [2.05, 4.69) is 15.1 Å². The average Bonchev–Trinajstić information content (AvgIpc) is 2.72. The average molecular weight is 241 g/mol. The zero-order valence-electron chi connectivity index (χ0n) is 8.89. The molecule has 2 aromatic rings. The molecule has 2 N–H and O–H groups in total. The number of carbonyl (C=O) groups excluding carboxylic acids is 1. The maximum atomic E-state index is 13.5. The van der Waals surface area contributed by atoms with E-state index in [1.807, 2.05) is 0 Å². The molecule has 6 nitrogen and oxygen atoms in total. The summed E-state index contributed by atoms with van der Waals surface area (Å²) in [5.41, 5.74) is 4.87. The van der Waals surface area contributed by atoms with Gasteiger partial charge in [-0.2, -0.15) is 18.6 Å². The van der Waals surface area contributed by atoms with E-state index in [1.54, 1.807) is 0 Å². The molecule has 0 saturated heterocycles. The molecule has 0 aliphatic heterocycles. The molecule has 0 aliphatic carbocycles. The van der Waals surface area contributed by atoms with Crippen molar-refractivity contribution in [1.29, 1.82) is 0 Å². The lowest BCUT2D eigenvalue weighted by Crippen LogP contribution is -2.24. The van der Waals surface area contributed by atoms with Crippen LogP contribution < -0.4 is 5.73 Å². The molecule has 2 rings (SSSR count). The molecule has 2 heterocycles. The molecule has 0 saturated carbocycles. The van der Waals surface area contributed by atoms with Crippen molar-refractivity contribution in [3.8, 4) is 0 Å². The van der Waals surface area contributed by atoms with Gasteiger partial charge in [0.05, 0.1) is 11.6 Å². The van der Waals surface area contributed by atoms with Gasteiger partial charge in [0, 0.05) is 12.6 Å². The minimum absolute atomic E-state index is 0.111. The van der Waals surface area contributed by atoms with Crippen molar-refractivity contribution < 1.29 is 13.6 Å². The number of amides is 1. The predicted octanol–water partition coefficient (Wildman–Crippen LogP) is 0.885. The Labute approximate surface area is 94.5 Å². The van der Waals surface area contributed by atoms with Crippen LogP contribution in [0.15, 0.2) is 12.4 Å². The number of nitrogens with zero attached hydrogens (tertiary/aromatic N) is 4. The van der Waals surface area contributed by atoms with E-state index in [4.69, 9.17) is 5.73 Å². The number of rotatable bonds is 3. The van der Waals surface area contributed by atoms with Gasteiger partial charge in [0.15, 0.2) is 5.65 Å². The summed E-state index contributed by atoms with van der Waals surface area (Å²) in [7, 11) is 0. The van der Waals surface area contributed by atoms with Crippen molar-refractivity contribution in [2.75, 3.05) is 0 Å². The summed E-state index contributed by atoms with van der Waals surface area (Å²) < 4.78 is 27.5. The maximum absolute atomic E-state index is 13.5. The lowest BCUT2D eigenvalue weighted by Gasteiger charge is -2.14. The predicted molar refractivity (Wildman–Crippen MR) is 54.3 cm³/mol. The molecule has 0 fully saturated rings. The first kappa shape index (κ1) is 11.4. The molecule has 0 radical (unpaired) electrons. The zero-order valence-corrected chi connectivity index (χ0v) is 8.89. The Bertz CT molecular complexity index is 580. The van der Waals surface area contributed by atoms with Gasteiger partial charge in [-0.25, -0.2) is 9.97 Å². The summed E-state index contributed by atoms with van der Waals surface area (Å²) in [4.78, 5) is 18.2. The van der Waals surface area contributed by atoms with Crippen molar-refractivity contribution in [1.82, 2.24) is 19.7 Å². The first-order chi connectivity index (χ1) is 7.95. The molecule has 8 heteroatoms. The monoisotopic (exact) mass is 241 g/mol. The van der Waals surface area contributed by atoms with Gasteiger partial charge >= 0.3 is 6.05 Å². The van der Waals surface area contributed by atoms with Crippen LogP contribution in [0.5, 0.6) is 0 Å². The van der Waals surface area contributed by atoms with Gasteiger partial charge in [0.2, 0.25) is 5.82 Å². The van der Waals surface area contributed by atoms with Crippen LogP contribution in [0.2, 0.25) is 0 Å². The van der Waals surface area contributed by atoms with Gasteiger partial charge in [-0.3, -0.25) is 4.79 Å². The normalized spacial score (nSPS) is 11.9. The highest BCUT2D eigenvalue weighted by molar-refractivity contribution is 5.90. The molecule has 0 aliphatic rings. The van der Waals surface area contributed by atoms with Crippen LogP contribution in [0.3, 0.4) is 0 Å². The third-order valence-corrected chi connectivity index (χ3v) is 2.26. The number of aromatic nitrogens is 4. The molecule has 0 aromatic carbocycles. The highest BCUT2D eigenvalue weighted by Crippen LogP contribution is 2.27. The summed E-state index contributed by atoms with van der Waals surface area (Å²) in [6, 6.07) is -3.16. The molecule has 0 bridgehead atoms. The van der Waals surface area contributed by atoms with Crippen LogP contribution in [0.25, 0.3) is 11.0 Å². The molecule has 0 spiro atoms. The number of nitrogens with two attached hydrogens (primary N) is 1. The molecule has 90 valence electrons. The van der Waals surface area contributed by atoms with Crippen LogP contribution in [-0.2, 0) is 6.05 Å². The van der Waals surface area contributed by atoms with Crippen LogP contribution >= 0.6 is 0 Å². The summed E-state index contributed by atoms with van der Waals surface area (Å²) in [5.74, 6) is -1.19. The lowest BCUT2D eigenvalue weighted by atomic mass is 10.4. The smallest absolute Gasteiger partial charge is 0.345 e. The topological polar surface area (TPSA) is 86.7 Å². The van der Waals surface area contributed by atoms with E-state index >= 15 is 0 Å². The summed E-state index contributed by atoms with van der Waals surface area (Å²) in [6.07, 6.45) is 2.01. The Balaban J connectivity index is 2.66. The van der Waals surface area contributed by atoms with Crippen molar-refractivity contribution >= 4 is 16.9 Å². The second kappa shape index (κ2) is 3.72. The minimum Gasteiger partial charge on any atom is -0.363 e. The first-order valence-corrected chi connectivity index (χ1v) is 4.84. The van der Waals surface area contributed by atoms with E-state index < -0.39 is 18.4 Å². The number of hydrogen-bond acceptors (Lipinski definition) is 4. The molecule has 2 aromatic heterocycles.